The smallest absolute Gasteiger partial charge is 0.263 e. The lowest BCUT2D eigenvalue weighted by Gasteiger charge is -2.31. The number of nitrogens with one attached hydrogen (secondary N) is 2. The molecule has 2 heterocycles. The van der Waals surface area contributed by atoms with E-state index in [9.17, 15) is 9.59 Å². The molecule has 1 amide bonds. The largest absolute Gasteiger partial charge is 0.346 e. The first-order valence-corrected chi connectivity index (χ1v) is 7.92. The van der Waals surface area contributed by atoms with Crippen molar-refractivity contribution in [1.29, 1.82) is 0 Å². The van der Waals surface area contributed by atoms with Gasteiger partial charge in [0.1, 0.15) is 11.4 Å². The van der Waals surface area contributed by atoms with E-state index in [-0.39, 0.29) is 28.5 Å². The first-order valence-electron chi connectivity index (χ1n) is 7.92. The average Bonchev–Trinajstić information content (AvgIpc) is 2.89. The lowest BCUT2D eigenvalue weighted by atomic mass is 10.0. The number of nitrogens with zero attached hydrogens (tertiary/aromatic N) is 2. The summed E-state index contributed by atoms with van der Waals surface area (Å²) in [5.74, 6) is 0.350. The van der Waals surface area contributed by atoms with Crippen molar-refractivity contribution in [3.63, 3.8) is 0 Å². The number of H-pyrrole nitrogens is 1. The number of carbonyl (C=O) groups is 1. The number of likely N-dealkylation sites (tertiary alicyclic amines) is 1. The van der Waals surface area contributed by atoms with Gasteiger partial charge in [-0.3, -0.25) is 9.59 Å². The second-order valence-corrected chi connectivity index (χ2v) is 6.99. The Morgan fingerprint density at radius 2 is 2.05 bits per heavy atom. The highest BCUT2D eigenvalue weighted by atomic mass is 16.2. The number of aromatic amines is 1. The summed E-state index contributed by atoms with van der Waals surface area (Å²) in [4.78, 5) is 33.6. The summed E-state index contributed by atoms with van der Waals surface area (Å²) >= 11 is 0. The van der Waals surface area contributed by atoms with Crippen molar-refractivity contribution in [1.82, 2.24) is 20.2 Å². The fourth-order valence-electron chi connectivity index (χ4n) is 2.78. The zero-order valence-electron chi connectivity index (χ0n) is 13.9. The lowest BCUT2D eigenvalue weighted by molar-refractivity contribution is 0.0892. The van der Waals surface area contributed by atoms with Crippen LogP contribution in [0.3, 0.4) is 0 Å². The minimum atomic E-state index is -0.384. The van der Waals surface area contributed by atoms with Gasteiger partial charge in [0.25, 0.3) is 11.5 Å². The summed E-state index contributed by atoms with van der Waals surface area (Å²) in [6.45, 7) is 10.8. The van der Waals surface area contributed by atoms with E-state index in [0.717, 1.165) is 19.6 Å². The van der Waals surface area contributed by atoms with Crippen LogP contribution in [0.15, 0.2) is 11.0 Å². The molecule has 0 aromatic carbocycles. The Kier molecular flexibility index (Phi) is 5.01. The first-order chi connectivity index (χ1) is 10.3. The van der Waals surface area contributed by atoms with E-state index in [2.05, 4.69) is 20.2 Å². The quantitative estimate of drug-likeness (QED) is 0.864. The summed E-state index contributed by atoms with van der Waals surface area (Å²) in [7, 11) is 0. The minimum Gasteiger partial charge on any atom is -0.346 e. The molecule has 6 heteroatoms. The van der Waals surface area contributed by atoms with Gasteiger partial charge >= 0.3 is 0 Å². The third-order valence-corrected chi connectivity index (χ3v) is 3.88. The van der Waals surface area contributed by atoms with Crippen LogP contribution >= 0.6 is 0 Å². The van der Waals surface area contributed by atoms with Gasteiger partial charge in [-0.1, -0.05) is 13.8 Å². The van der Waals surface area contributed by atoms with Gasteiger partial charge in [0.05, 0.1) is 0 Å². The molecule has 0 saturated carbocycles. The van der Waals surface area contributed by atoms with Gasteiger partial charge < -0.3 is 15.2 Å². The van der Waals surface area contributed by atoms with Gasteiger partial charge in [0, 0.05) is 24.2 Å². The molecule has 1 aliphatic rings. The number of amides is 1. The molecule has 0 bridgehead atoms. The third-order valence-electron chi connectivity index (χ3n) is 3.88. The van der Waals surface area contributed by atoms with Crippen LogP contribution in [-0.2, 0) is 0 Å². The predicted octanol–water partition coefficient (Wildman–Crippen LogP) is 1.50. The van der Waals surface area contributed by atoms with Crippen molar-refractivity contribution >= 4 is 5.91 Å². The standard InChI is InChI=1S/C16H26N4O2/c1-11(2)13-17-9-12(14(21)18-13)15(22)19-16(3,4)10-20-7-5-6-8-20/h9,11H,5-8,10H2,1-4H3,(H,19,22)(H,17,18,21). The Morgan fingerprint density at radius 3 is 2.59 bits per heavy atom. The van der Waals surface area contributed by atoms with E-state index in [4.69, 9.17) is 0 Å². The van der Waals surface area contributed by atoms with Crippen LogP contribution in [0, 0.1) is 0 Å². The van der Waals surface area contributed by atoms with Gasteiger partial charge in [-0.25, -0.2) is 4.98 Å². The monoisotopic (exact) mass is 306 g/mol. The molecule has 1 aliphatic heterocycles. The number of hydrogen-bond acceptors (Lipinski definition) is 4. The van der Waals surface area contributed by atoms with E-state index in [1.165, 1.54) is 19.0 Å². The molecule has 0 aliphatic carbocycles. The topological polar surface area (TPSA) is 78.1 Å². The van der Waals surface area contributed by atoms with Crippen molar-refractivity contribution in [2.45, 2.75) is 52.0 Å². The average molecular weight is 306 g/mol. The Bertz CT molecular complexity index is 586. The molecule has 0 unspecified atom stereocenters. The molecule has 122 valence electrons. The van der Waals surface area contributed by atoms with E-state index >= 15 is 0 Å². The highest BCUT2D eigenvalue weighted by Crippen LogP contribution is 2.13. The van der Waals surface area contributed by atoms with Crippen molar-refractivity contribution in [3.8, 4) is 0 Å². The van der Waals surface area contributed by atoms with Crippen LogP contribution in [0.1, 0.15) is 62.6 Å². The van der Waals surface area contributed by atoms with Gasteiger partial charge in [-0.2, -0.15) is 0 Å². The number of aromatic nitrogens is 2. The van der Waals surface area contributed by atoms with Crippen molar-refractivity contribution < 1.29 is 4.79 Å². The molecule has 1 aromatic rings. The molecule has 2 N–H and O–H groups in total. The van der Waals surface area contributed by atoms with Crippen molar-refractivity contribution in [2.24, 2.45) is 0 Å². The van der Waals surface area contributed by atoms with Gasteiger partial charge in [-0.15, -0.1) is 0 Å². The molecule has 22 heavy (non-hydrogen) atoms. The second-order valence-electron chi connectivity index (χ2n) is 6.99. The fraction of sp³-hybridized carbons (Fsp3) is 0.688. The van der Waals surface area contributed by atoms with E-state index in [0.29, 0.717) is 5.82 Å². The van der Waals surface area contributed by atoms with Crippen LogP contribution in [0.2, 0.25) is 0 Å². The highest BCUT2D eigenvalue weighted by Gasteiger charge is 2.27. The van der Waals surface area contributed by atoms with Crippen molar-refractivity contribution in [2.75, 3.05) is 19.6 Å². The summed E-state index contributed by atoms with van der Waals surface area (Å²) in [6, 6.07) is 0. The van der Waals surface area contributed by atoms with E-state index in [1.807, 2.05) is 27.7 Å². The normalized spacial score (nSPS) is 16.2. The predicted molar refractivity (Wildman–Crippen MR) is 86.2 cm³/mol. The number of hydrogen-bond donors (Lipinski definition) is 2. The first kappa shape index (κ1) is 16.7. The third kappa shape index (κ3) is 4.16. The second kappa shape index (κ2) is 6.60. The van der Waals surface area contributed by atoms with Crippen LogP contribution in [-0.4, -0.2) is 45.9 Å². The molecule has 2 rings (SSSR count). The van der Waals surface area contributed by atoms with Gasteiger partial charge in [0.15, 0.2) is 0 Å². The number of rotatable bonds is 5. The minimum absolute atomic E-state index is 0.0684. The van der Waals surface area contributed by atoms with Crippen LogP contribution in [0.25, 0.3) is 0 Å². The Morgan fingerprint density at radius 1 is 1.41 bits per heavy atom. The molecule has 6 nitrogen and oxygen atoms in total. The molecular weight excluding hydrogens is 280 g/mol. The Labute approximate surface area is 131 Å². The maximum atomic E-state index is 12.3. The maximum Gasteiger partial charge on any atom is 0.263 e. The zero-order valence-corrected chi connectivity index (χ0v) is 13.9. The van der Waals surface area contributed by atoms with E-state index in [1.54, 1.807) is 0 Å². The van der Waals surface area contributed by atoms with Crippen LogP contribution < -0.4 is 10.9 Å². The summed E-state index contributed by atoms with van der Waals surface area (Å²) in [5, 5.41) is 2.95. The maximum absolute atomic E-state index is 12.3. The molecule has 0 spiro atoms. The molecule has 1 aromatic heterocycles. The Balaban J connectivity index is 2.06. The lowest BCUT2D eigenvalue weighted by Crippen LogP contribution is -2.51. The molecule has 1 fully saturated rings. The number of carbonyl (C=O) groups excluding carboxylic acids is 1. The van der Waals surface area contributed by atoms with Crippen molar-refractivity contribution in [3.05, 3.63) is 27.9 Å². The summed E-state index contributed by atoms with van der Waals surface area (Å²) in [5.41, 5.74) is -0.697. The summed E-state index contributed by atoms with van der Waals surface area (Å²) < 4.78 is 0. The molecule has 1 saturated heterocycles. The van der Waals surface area contributed by atoms with E-state index < -0.39 is 0 Å². The molecule has 0 radical (unpaired) electrons. The van der Waals surface area contributed by atoms with Crippen LogP contribution in [0.5, 0.6) is 0 Å². The summed E-state index contributed by atoms with van der Waals surface area (Å²) in [6.07, 6.45) is 3.80. The zero-order chi connectivity index (χ0) is 16.3. The molecular formula is C16H26N4O2. The van der Waals surface area contributed by atoms with Gasteiger partial charge in [0.2, 0.25) is 0 Å². The SMILES string of the molecule is CC(C)c1ncc(C(=O)NC(C)(C)CN2CCCC2)c(=O)[nH]1. The Hall–Kier alpha value is -1.69. The van der Waals surface area contributed by atoms with Crippen LogP contribution in [0.4, 0.5) is 0 Å². The fourth-order valence-corrected chi connectivity index (χ4v) is 2.78. The highest BCUT2D eigenvalue weighted by molar-refractivity contribution is 5.94. The molecule has 0 atom stereocenters. The van der Waals surface area contributed by atoms with Gasteiger partial charge in [-0.05, 0) is 39.8 Å².